The number of hydrogen-bond donors (Lipinski definition) is 1. The molecule has 1 aromatic carbocycles. The van der Waals surface area contributed by atoms with Gasteiger partial charge in [-0.25, -0.2) is 19.6 Å². The number of hydrogen-bond acceptors (Lipinski definition) is 9. The van der Waals surface area contributed by atoms with E-state index in [2.05, 4.69) is 39.0 Å². The van der Waals surface area contributed by atoms with Crippen LogP contribution in [0.4, 0.5) is 11.5 Å². The minimum absolute atomic E-state index is 0.0132. The van der Waals surface area contributed by atoms with E-state index in [1.807, 2.05) is 24.3 Å². The molecule has 0 bridgehead atoms. The van der Waals surface area contributed by atoms with Crippen molar-refractivity contribution in [2.45, 2.75) is 12.8 Å². The first-order valence-corrected chi connectivity index (χ1v) is 9.95. The minimum Gasteiger partial charge on any atom is -0.356 e. The number of piperidine rings is 1. The zero-order chi connectivity index (χ0) is 19.6. The van der Waals surface area contributed by atoms with Crippen LogP contribution in [0.25, 0.3) is 16.9 Å². The Labute approximate surface area is 170 Å². The van der Waals surface area contributed by atoms with E-state index >= 15 is 0 Å². The number of carbonyl (C=O) groups excluding carboxylic acids is 1. The molecule has 4 heterocycles. The number of anilines is 2. The van der Waals surface area contributed by atoms with Crippen molar-refractivity contribution in [2.24, 2.45) is 5.92 Å². The van der Waals surface area contributed by atoms with Gasteiger partial charge in [-0.1, -0.05) is 6.07 Å². The summed E-state index contributed by atoms with van der Waals surface area (Å²) in [5.41, 5.74) is 2.22. The van der Waals surface area contributed by atoms with Crippen LogP contribution in [0.2, 0.25) is 0 Å². The van der Waals surface area contributed by atoms with E-state index in [0.717, 1.165) is 48.0 Å². The Morgan fingerprint density at radius 3 is 3.00 bits per heavy atom. The van der Waals surface area contributed by atoms with Gasteiger partial charge < -0.3 is 10.2 Å². The number of fused-ring (bicyclic) bond motifs is 1. The summed E-state index contributed by atoms with van der Waals surface area (Å²) in [6.45, 7) is 1.42. The quantitative estimate of drug-likeness (QED) is 0.546. The second kappa shape index (κ2) is 7.51. The second-order valence-corrected chi connectivity index (χ2v) is 7.31. The summed E-state index contributed by atoms with van der Waals surface area (Å²) >= 11 is 1.14. The highest BCUT2D eigenvalue weighted by Gasteiger charge is 2.27. The van der Waals surface area contributed by atoms with Gasteiger partial charge in [-0.3, -0.25) is 4.79 Å². The van der Waals surface area contributed by atoms with Crippen LogP contribution in [0, 0.1) is 5.92 Å². The molecule has 3 aromatic heterocycles. The molecule has 1 aliphatic heterocycles. The van der Waals surface area contributed by atoms with Gasteiger partial charge in [0.25, 0.3) is 0 Å². The zero-order valence-electron chi connectivity index (χ0n) is 15.3. The lowest BCUT2D eigenvalue weighted by Gasteiger charge is -2.32. The number of aromatic nitrogens is 7. The first kappa shape index (κ1) is 17.6. The Morgan fingerprint density at radius 2 is 2.10 bits per heavy atom. The molecule has 0 radical (unpaired) electrons. The monoisotopic (exact) mass is 407 g/mol. The third-order valence-electron chi connectivity index (χ3n) is 4.95. The maximum atomic E-state index is 12.9. The molecule has 0 aliphatic carbocycles. The first-order chi connectivity index (χ1) is 14.3. The van der Waals surface area contributed by atoms with Crippen LogP contribution in [-0.4, -0.2) is 52.5 Å². The Hall–Kier alpha value is -3.47. The molecule has 1 aliphatic rings. The number of carbonyl (C=O) groups is 1. The van der Waals surface area contributed by atoms with E-state index in [4.69, 9.17) is 0 Å². The highest BCUT2D eigenvalue weighted by Crippen LogP contribution is 2.26. The molecule has 10 nitrogen and oxygen atoms in total. The molecule has 1 amide bonds. The molecule has 5 rings (SSSR count). The predicted octanol–water partition coefficient (Wildman–Crippen LogP) is 1.92. The van der Waals surface area contributed by atoms with Crippen LogP contribution < -0.4 is 10.2 Å². The van der Waals surface area contributed by atoms with Gasteiger partial charge in [-0.15, -0.1) is 0 Å². The molecule has 1 unspecified atom stereocenters. The first-order valence-electron chi connectivity index (χ1n) is 9.22. The lowest BCUT2D eigenvalue weighted by Crippen LogP contribution is -2.41. The molecule has 4 aromatic rings. The van der Waals surface area contributed by atoms with E-state index in [1.54, 1.807) is 11.0 Å². The molecule has 0 saturated carbocycles. The lowest BCUT2D eigenvalue weighted by atomic mass is 9.97. The Kier molecular flexibility index (Phi) is 4.56. The van der Waals surface area contributed by atoms with Gasteiger partial charge in [-0.2, -0.15) is 13.8 Å². The third-order valence-corrected chi connectivity index (χ3v) is 5.49. The smallest absolute Gasteiger partial charge is 0.229 e. The van der Waals surface area contributed by atoms with Gasteiger partial charge >= 0.3 is 0 Å². The van der Waals surface area contributed by atoms with Crippen LogP contribution in [0.5, 0.6) is 0 Å². The summed E-state index contributed by atoms with van der Waals surface area (Å²) in [6.07, 6.45) is 6.29. The number of nitrogens with zero attached hydrogens (tertiary/aromatic N) is 8. The molecule has 0 spiro atoms. The second-order valence-electron chi connectivity index (χ2n) is 6.79. The van der Waals surface area contributed by atoms with Crippen molar-refractivity contribution in [3.63, 3.8) is 0 Å². The minimum atomic E-state index is -0.143. The summed E-state index contributed by atoms with van der Waals surface area (Å²) in [4.78, 5) is 27.6. The summed E-state index contributed by atoms with van der Waals surface area (Å²) in [6, 6.07) is 7.48. The van der Waals surface area contributed by atoms with Gasteiger partial charge in [0.2, 0.25) is 5.91 Å². The van der Waals surface area contributed by atoms with Gasteiger partial charge in [-0.05, 0) is 25.0 Å². The highest BCUT2D eigenvalue weighted by molar-refractivity contribution is 7.00. The molecule has 29 heavy (non-hydrogen) atoms. The van der Waals surface area contributed by atoms with Crippen molar-refractivity contribution in [1.82, 2.24) is 33.5 Å². The molecular formula is C18H17N9OS. The summed E-state index contributed by atoms with van der Waals surface area (Å²) in [7, 11) is 0. The van der Waals surface area contributed by atoms with Crippen LogP contribution in [-0.2, 0) is 4.79 Å². The molecule has 1 N–H and O–H groups in total. The van der Waals surface area contributed by atoms with Crippen molar-refractivity contribution in [1.29, 1.82) is 0 Å². The molecule has 146 valence electrons. The Balaban J connectivity index is 1.32. The van der Waals surface area contributed by atoms with Crippen LogP contribution in [0.3, 0.4) is 0 Å². The number of nitrogens with one attached hydrogen (secondary N) is 1. The maximum Gasteiger partial charge on any atom is 0.229 e. The van der Waals surface area contributed by atoms with Gasteiger partial charge in [0.15, 0.2) is 5.82 Å². The maximum absolute atomic E-state index is 12.9. The molecule has 11 heteroatoms. The Bertz CT molecular complexity index is 1140. The number of benzene rings is 1. The zero-order valence-corrected chi connectivity index (χ0v) is 16.2. The Morgan fingerprint density at radius 1 is 1.17 bits per heavy atom. The summed E-state index contributed by atoms with van der Waals surface area (Å²) in [5, 5.41) is 7.14. The van der Waals surface area contributed by atoms with E-state index in [1.165, 1.54) is 12.7 Å². The largest absolute Gasteiger partial charge is 0.356 e. The average molecular weight is 407 g/mol. The molecule has 1 saturated heterocycles. The van der Waals surface area contributed by atoms with E-state index < -0.39 is 0 Å². The third kappa shape index (κ3) is 3.51. The van der Waals surface area contributed by atoms with E-state index in [0.29, 0.717) is 18.1 Å². The molecule has 1 atom stereocenters. The van der Waals surface area contributed by atoms with E-state index in [-0.39, 0.29) is 11.8 Å². The van der Waals surface area contributed by atoms with Crippen molar-refractivity contribution in [3.8, 4) is 5.82 Å². The fourth-order valence-electron chi connectivity index (χ4n) is 3.50. The van der Waals surface area contributed by atoms with Crippen LogP contribution >= 0.6 is 11.7 Å². The van der Waals surface area contributed by atoms with Crippen LogP contribution in [0.1, 0.15) is 12.8 Å². The van der Waals surface area contributed by atoms with Gasteiger partial charge in [0.05, 0.1) is 23.3 Å². The predicted molar refractivity (Wildman–Crippen MR) is 108 cm³/mol. The highest BCUT2D eigenvalue weighted by atomic mass is 32.1. The van der Waals surface area contributed by atoms with Crippen LogP contribution in [0.15, 0.2) is 43.2 Å². The molecule has 1 fully saturated rings. The molecular weight excluding hydrogens is 390 g/mol. The topological polar surface area (TPSA) is 115 Å². The van der Waals surface area contributed by atoms with Crippen molar-refractivity contribution in [2.75, 3.05) is 23.3 Å². The van der Waals surface area contributed by atoms with Crippen molar-refractivity contribution < 1.29 is 4.79 Å². The number of rotatable bonds is 4. The van der Waals surface area contributed by atoms with Gasteiger partial charge in [0, 0.05) is 19.2 Å². The van der Waals surface area contributed by atoms with Crippen molar-refractivity contribution in [3.05, 3.63) is 43.2 Å². The van der Waals surface area contributed by atoms with Gasteiger partial charge in [0.1, 0.15) is 35.8 Å². The normalized spacial score (nSPS) is 16.8. The van der Waals surface area contributed by atoms with Crippen molar-refractivity contribution >= 4 is 40.2 Å². The van der Waals surface area contributed by atoms with E-state index in [9.17, 15) is 4.79 Å². The summed E-state index contributed by atoms with van der Waals surface area (Å²) in [5.74, 6) is 1.26. The SMILES string of the molecule is O=C(Nc1cccc2nsnc12)C1CCCN(c2cc(-n3cncn3)ncn2)C1. The lowest BCUT2D eigenvalue weighted by molar-refractivity contribution is -0.120. The summed E-state index contributed by atoms with van der Waals surface area (Å²) < 4.78 is 10.1. The average Bonchev–Trinajstić information content (AvgIpc) is 3.46. The fourth-order valence-corrected chi connectivity index (χ4v) is 4.05. The standard InChI is InChI=1S/C18H17N9OS/c28-18(23-13-4-1-5-14-17(13)25-29-24-14)12-3-2-6-26(8-12)15-7-16(21-10-20-15)27-11-19-9-22-27/h1,4-5,7,9-12H,2-3,6,8H2,(H,23,28). The fraction of sp³-hybridized carbons (Fsp3) is 0.278. The number of amides is 1.